The van der Waals surface area contributed by atoms with E-state index in [1.165, 1.54) is 31.1 Å². The van der Waals surface area contributed by atoms with Gasteiger partial charge in [0, 0.05) is 20.3 Å². The van der Waals surface area contributed by atoms with Gasteiger partial charge in [0.2, 0.25) is 0 Å². The van der Waals surface area contributed by atoms with Crippen molar-refractivity contribution in [2.45, 2.75) is 12.5 Å². The van der Waals surface area contributed by atoms with Gasteiger partial charge in [0.25, 0.3) is 0 Å². The van der Waals surface area contributed by atoms with Crippen molar-refractivity contribution in [3.05, 3.63) is 117 Å². The molecule has 0 saturated heterocycles. The van der Waals surface area contributed by atoms with Gasteiger partial charge in [0.05, 0.1) is 0 Å². The summed E-state index contributed by atoms with van der Waals surface area (Å²) in [6.07, 6.45) is 0. The van der Waals surface area contributed by atoms with E-state index in [1.807, 2.05) is 6.07 Å². The van der Waals surface area contributed by atoms with Gasteiger partial charge in [-0.05, 0) is 51.9 Å². The van der Waals surface area contributed by atoms with Crippen LogP contribution >= 0.6 is 22.6 Å². The molecule has 136 valence electrons. The highest BCUT2D eigenvalue weighted by molar-refractivity contribution is 14.1. The molecule has 1 aliphatic heterocycles. The second-order valence-corrected chi connectivity index (χ2v) is 8.29. The maximum atomic E-state index is 6.71. The maximum Gasteiger partial charge on any atom is 0.162 e. The van der Waals surface area contributed by atoms with Gasteiger partial charge in [-0.2, -0.15) is 0 Å². The number of rotatable bonds is 2. The molecule has 5 rings (SSSR count). The monoisotopic (exact) mass is 474 g/mol. The lowest BCUT2D eigenvalue weighted by Gasteiger charge is -2.38. The van der Waals surface area contributed by atoms with Crippen LogP contribution < -0.4 is 4.74 Å². The van der Waals surface area contributed by atoms with E-state index in [9.17, 15) is 0 Å². The Balaban J connectivity index is 1.88. The van der Waals surface area contributed by atoms with Crippen LogP contribution in [0.3, 0.4) is 0 Å². The van der Waals surface area contributed by atoms with Crippen LogP contribution in [0, 0.1) is 0 Å². The fourth-order valence-corrected chi connectivity index (χ4v) is 5.03. The molecule has 4 aromatic carbocycles. The van der Waals surface area contributed by atoms with Gasteiger partial charge >= 0.3 is 0 Å². The van der Waals surface area contributed by atoms with Crippen molar-refractivity contribution < 1.29 is 4.74 Å². The summed E-state index contributed by atoms with van der Waals surface area (Å²) in [6.45, 7) is 2.17. The number of ether oxygens (including phenoxy) is 1. The zero-order valence-corrected chi connectivity index (χ0v) is 17.7. The van der Waals surface area contributed by atoms with Gasteiger partial charge < -0.3 is 4.74 Å². The summed E-state index contributed by atoms with van der Waals surface area (Å²) < 4.78 is 7.91. The van der Waals surface area contributed by atoms with Gasteiger partial charge in [0.15, 0.2) is 5.60 Å². The Bertz CT molecular complexity index is 1200. The van der Waals surface area contributed by atoms with Crippen LogP contribution in [0.15, 0.2) is 101 Å². The van der Waals surface area contributed by atoms with Crippen molar-refractivity contribution in [1.82, 2.24) is 0 Å². The summed E-state index contributed by atoms with van der Waals surface area (Å²) in [5.74, 6) is 0.935. The first-order chi connectivity index (χ1) is 13.7. The average molecular weight is 474 g/mol. The molecule has 0 bridgehead atoms. The van der Waals surface area contributed by atoms with Crippen LogP contribution in [0.1, 0.15) is 23.6 Å². The largest absolute Gasteiger partial charge is 0.477 e. The molecule has 0 spiro atoms. The molecule has 1 unspecified atom stereocenters. The van der Waals surface area contributed by atoms with Crippen molar-refractivity contribution in [2.24, 2.45) is 0 Å². The molecule has 28 heavy (non-hydrogen) atoms. The second-order valence-electron chi connectivity index (χ2n) is 7.22. The second kappa shape index (κ2) is 6.78. The predicted molar refractivity (Wildman–Crippen MR) is 125 cm³/mol. The Morgan fingerprint density at radius 1 is 0.714 bits per heavy atom. The molecule has 4 aromatic rings. The van der Waals surface area contributed by atoms with E-state index in [2.05, 4.69) is 121 Å². The maximum absolute atomic E-state index is 6.71. The third-order valence-corrected chi connectivity index (χ3v) is 7.05. The summed E-state index contributed by atoms with van der Waals surface area (Å²) in [7, 11) is 0. The normalized spacial score (nSPS) is 18.6. The lowest BCUT2D eigenvalue weighted by molar-refractivity contribution is 0.135. The summed E-state index contributed by atoms with van der Waals surface area (Å²) in [5, 5.41) is 2.45. The first-order valence-corrected chi connectivity index (χ1v) is 10.5. The van der Waals surface area contributed by atoms with Gasteiger partial charge in [-0.1, -0.05) is 91.0 Å². The first kappa shape index (κ1) is 17.5. The average Bonchev–Trinajstić information content (AvgIpc) is 2.76. The number of fused-ring (bicyclic) bond motifs is 3. The number of benzene rings is 4. The SMILES string of the molecule is CC1(c2ccccc2)Oc2ccc3ccccc3c2C(c2ccccc2)=C1I. The topological polar surface area (TPSA) is 9.23 Å². The summed E-state index contributed by atoms with van der Waals surface area (Å²) >= 11 is 2.49. The fraction of sp³-hybridized carbons (Fsp3) is 0.0769. The Kier molecular flexibility index (Phi) is 4.24. The summed E-state index contributed by atoms with van der Waals surface area (Å²) in [4.78, 5) is 0. The van der Waals surface area contributed by atoms with Gasteiger partial charge in [0.1, 0.15) is 5.75 Å². The number of hydrogen-bond donors (Lipinski definition) is 0. The van der Waals surface area contributed by atoms with Gasteiger partial charge in [-0.15, -0.1) is 0 Å². The molecule has 0 amide bonds. The molecule has 1 nitrogen and oxygen atoms in total. The molecule has 0 aliphatic carbocycles. The van der Waals surface area contributed by atoms with Crippen LogP contribution in [0.4, 0.5) is 0 Å². The van der Waals surface area contributed by atoms with Crippen LogP contribution in [0.25, 0.3) is 16.3 Å². The van der Waals surface area contributed by atoms with E-state index in [4.69, 9.17) is 4.74 Å². The number of hydrogen-bond acceptors (Lipinski definition) is 1. The van der Waals surface area contributed by atoms with Crippen molar-refractivity contribution in [3.63, 3.8) is 0 Å². The Morgan fingerprint density at radius 3 is 2.11 bits per heavy atom. The molecule has 0 fully saturated rings. The van der Waals surface area contributed by atoms with E-state index in [0.29, 0.717) is 0 Å². The third kappa shape index (κ3) is 2.67. The lowest BCUT2D eigenvalue weighted by atomic mass is 9.83. The van der Waals surface area contributed by atoms with Gasteiger partial charge in [-0.3, -0.25) is 0 Å². The predicted octanol–water partition coefficient (Wildman–Crippen LogP) is 7.34. The molecular formula is C26H19IO. The van der Waals surface area contributed by atoms with Crippen molar-refractivity contribution >= 4 is 38.9 Å². The highest BCUT2D eigenvalue weighted by Gasteiger charge is 2.40. The fourth-order valence-electron chi connectivity index (χ4n) is 4.03. The zero-order chi connectivity index (χ0) is 19.1. The van der Waals surface area contributed by atoms with E-state index in [1.54, 1.807) is 0 Å². The molecule has 1 aliphatic rings. The molecule has 2 heteroatoms. The lowest BCUT2D eigenvalue weighted by Crippen LogP contribution is -2.33. The van der Waals surface area contributed by atoms with Crippen LogP contribution in [0.2, 0.25) is 0 Å². The standard InChI is InChI=1S/C26H19IO/c1-26(20-13-6-3-7-14-20)25(27)23(19-11-4-2-5-12-19)24-21-15-9-8-10-18(21)16-17-22(24)28-26/h2-17H,1H3. The van der Waals surface area contributed by atoms with E-state index in [-0.39, 0.29) is 0 Å². The van der Waals surface area contributed by atoms with E-state index in [0.717, 1.165) is 11.3 Å². The molecule has 1 atom stereocenters. The van der Waals surface area contributed by atoms with E-state index >= 15 is 0 Å². The Hall–Kier alpha value is -2.59. The van der Waals surface area contributed by atoms with Crippen molar-refractivity contribution in [3.8, 4) is 5.75 Å². The molecule has 0 radical (unpaired) electrons. The molecule has 1 heterocycles. The van der Waals surface area contributed by atoms with Crippen LogP contribution in [-0.4, -0.2) is 0 Å². The molecule has 0 aromatic heterocycles. The highest BCUT2D eigenvalue weighted by Crippen LogP contribution is 2.52. The minimum absolute atomic E-state index is 0.525. The van der Waals surface area contributed by atoms with E-state index < -0.39 is 5.60 Å². The smallest absolute Gasteiger partial charge is 0.162 e. The highest BCUT2D eigenvalue weighted by atomic mass is 127. The van der Waals surface area contributed by atoms with Crippen LogP contribution in [0.5, 0.6) is 5.75 Å². The molecule has 0 saturated carbocycles. The Morgan fingerprint density at radius 2 is 1.36 bits per heavy atom. The molecular weight excluding hydrogens is 455 g/mol. The minimum Gasteiger partial charge on any atom is -0.477 e. The molecule has 0 N–H and O–H groups in total. The summed E-state index contributed by atoms with van der Waals surface area (Å²) in [6, 6.07) is 34.0. The number of halogens is 1. The van der Waals surface area contributed by atoms with Crippen molar-refractivity contribution in [2.75, 3.05) is 0 Å². The van der Waals surface area contributed by atoms with Crippen LogP contribution in [-0.2, 0) is 5.60 Å². The quantitative estimate of drug-likeness (QED) is 0.276. The zero-order valence-electron chi connectivity index (χ0n) is 15.5. The van der Waals surface area contributed by atoms with Crippen molar-refractivity contribution in [1.29, 1.82) is 0 Å². The minimum atomic E-state index is -0.525. The Labute approximate surface area is 178 Å². The first-order valence-electron chi connectivity index (χ1n) is 9.41. The summed E-state index contributed by atoms with van der Waals surface area (Å²) in [5.41, 5.74) is 4.29. The third-order valence-electron chi connectivity index (χ3n) is 5.48. The van der Waals surface area contributed by atoms with Gasteiger partial charge in [-0.25, -0.2) is 0 Å².